The Morgan fingerprint density at radius 3 is 2.67 bits per heavy atom. The number of carbonyl (C=O) groups is 2. The first-order chi connectivity index (χ1) is 9.86. The number of carbonyl (C=O) groups excluding carboxylic acids is 2. The van der Waals surface area contributed by atoms with Crippen molar-refractivity contribution in [3.63, 3.8) is 0 Å². The van der Waals surface area contributed by atoms with Gasteiger partial charge in [0.2, 0.25) is 0 Å². The van der Waals surface area contributed by atoms with Crippen molar-refractivity contribution in [3.05, 3.63) is 39.2 Å². The molecule has 0 aliphatic heterocycles. The van der Waals surface area contributed by atoms with Gasteiger partial charge in [-0.3, -0.25) is 19.7 Å². The van der Waals surface area contributed by atoms with E-state index < -0.39 is 22.6 Å². The molecular formula is C13H15FN2O5. The minimum absolute atomic E-state index is 0.0175. The third-order valence-corrected chi connectivity index (χ3v) is 2.77. The molecule has 8 heteroatoms. The number of nitro benzene ring substituents is 1. The van der Waals surface area contributed by atoms with Gasteiger partial charge in [0, 0.05) is 25.1 Å². The highest BCUT2D eigenvalue weighted by Gasteiger charge is 2.19. The summed E-state index contributed by atoms with van der Waals surface area (Å²) in [5.74, 6) is -1.98. The smallest absolute Gasteiger partial charge is 0.305 e. The highest BCUT2D eigenvalue weighted by Crippen LogP contribution is 2.20. The number of methoxy groups -OCH3 is 1. The van der Waals surface area contributed by atoms with Crippen LogP contribution in [0.4, 0.5) is 10.1 Å². The van der Waals surface area contributed by atoms with E-state index >= 15 is 0 Å². The van der Waals surface area contributed by atoms with Gasteiger partial charge >= 0.3 is 5.97 Å². The predicted octanol–water partition coefficient (Wildman–Crippen LogP) is 1.73. The lowest BCUT2D eigenvalue weighted by Gasteiger charge is -2.07. The second-order valence-corrected chi connectivity index (χ2v) is 4.32. The van der Waals surface area contributed by atoms with Gasteiger partial charge in [0.05, 0.1) is 17.6 Å². The maximum absolute atomic E-state index is 13.8. The summed E-state index contributed by atoms with van der Waals surface area (Å²) in [5, 5.41) is 13.1. The molecule has 0 saturated heterocycles. The Bertz CT molecular complexity index is 574. The lowest BCUT2D eigenvalue weighted by molar-refractivity contribution is -0.385. The molecule has 1 rings (SSSR count). The number of amides is 1. The molecule has 21 heavy (non-hydrogen) atoms. The molecular weight excluding hydrogens is 283 g/mol. The Balaban J connectivity index is 2.74. The molecule has 0 aliphatic carbocycles. The van der Waals surface area contributed by atoms with Gasteiger partial charge in [0.1, 0.15) is 5.82 Å². The van der Waals surface area contributed by atoms with Crippen molar-refractivity contribution in [3.8, 4) is 0 Å². The van der Waals surface area contributed by atoms with E-state index in [4.69, 9.17) is 0 Å². The van der Waals surface area contributed by atoms with Gasteiger partial charge < -0.3 is 10.1 Å². The molecule has 1 amide bonds. The van der Waals surface area contributed by atoms with Crippen molar-refractivity contribution in [2.75, 3.05) is 13.7 Å². The van der Waals surface area contributed by atoms with Crippen molar-refractivity contribution in [2.24, 2.45) is 0 Å². The van der Waals surface area contributed by atoms with Crippen LogP contribution in [0, 0.1) is 22.9 Å². The number of aryl methyl sites for hydroxylation is 1. The fourth-order valence-corrected chi connectivity index (χ4v) is 1.65. The average molecular weight is 298 g/mol. The average Bonchev–Trinajstić information content (AvgIpc) is 2.45. The van der Waals surface area contributed by atoms with Gasteiger partial charge in [-0.05, 0) is 18.9 Å². The van der Waals surface area contributed by atoms with Gasteiger partial charge in [-0.2, -0.15) is 0 Å². The summed E-state index contributed by atoms with van der Waals surface area (Å²) in [5.41, 5.74) is -0.725. The Morgan fingerprint density at radius 2 is 2.10 bits per heavy atom. The lowest BCUT2D eigenvalue weighted by atomic mass is 10.1. The van der Waals surface area contributed by atoms with Crippen molar-refractivity contribution >= 4 is 17.6 Å². The monoisotopic (exact) mass is 298 g/mol. The van der Waals surface area contributed by atoms with E-state index in [9.17, 15) is 24.1 Å². The molecule has 0 fully saturated rings. The van der Waals surface area contributed by atoms with E-state index in [2.05, 4.69) is 10.1 Å². The molecule has 7 nitrogen and oxygen atoms in total. The third kappa shape index (κ3) is 4.51. The first-order valence-electron chi connectivity index (χ1n) is 6.16. The minimum atomic E-state index is -0.800. The lowest BCUT2D eigenvalue weighted by Crippen LogP contribution is -2.26. The van der Waals surface area contributed by atoms with Crippen LogP contribution in [0.5, 0.6) is 0 Å². The van der Waals surface area contributed by atoms with E-state index in [0.29, 0.717) is 6.42 Å². The molecule has 0 aromatic heterocycles. The number of nitro groups is 1. The predicted molar refractivity (Wildman–Crippen MR) is 71.4 cm³/mol. The number of hydrogen-bond acceptors (Lipinski definition) is 5. The van der Waals surface area contributed by atoms with E-state index in [1.54, 1.807) is 0 Å². The Morgan fingerprint density at radius 1 is 1.43 bits per heavy atom. The zero-order chi connectivity index (χ0) is 16.0. The molecule has 0 saturated carbocycles. The molecule has 114 valence electrons. The zero-order valence-electron chi connectivity index (χ0n) is 11.6. The summed E-state index contributed by atoms with van der Waals surface area (Å²) in [6, 6.07) is 1.95. The molecule has 0 bridgehead atoms. The topological polar surface area (TPSA) is 98.5 Å². The second kappa shape index (κ2) is 7.32. The molecule has 1 N–H and O–H groups in total. The second-order valence-electron chi connectivity index (χ2n) is 4.32. The molecule has 0 atom stereocenters. The van der Waals surface area contributed by atoms with Crippen LogP contribution in [-0.4, -0.2) is 30.5 Å². The molecule has 0 radical (unpaired) electrons. The van der Waals surface area contributed by atoms with Crippen LogP contribution in [0.25, 0.3) is 0 Å². The maximum atomic E-state index is 13.8. The third-order valence-electron chi connectivity index (χ3n) is 2.77. The zero-order valence-corrected chi connectivity index (χ0v) is 11.6. The van der Waals surface area contributed by atoms with E-state index in [1.165, 1.54) is 14.0 Å². The normalized spacial score (nSPS) is 10.0. The minimum Gasteiger partial charge on any atom is -0.469 e. The van der Waals surface area contributed by atoms with E-state index in [0.717, 1.165) is 12.1 Å². The number of benzene rings is 1. The number of non-ortho nitro benzene ring substituents is 1. The Labute approximate surface area is 120 Å². The largest absolute Gasteiger partial charge is 0.469 e. The van der Waals surface area contributed by atoms with Crippen LogP contribution in [0.1, 0.15) is 28.8 Å². The fourth-order valence-electron chi connectivity index (χ4n) is 1.65. The van der Waals surface area contributed by atoms with Crippen LogP contribution in [0.2, 0.25) is 0 Å². The Kier molecular flexibility index (Phi) is 5.77. The van der Waals surface area contributed by atoms with E-state index in [1.807, 2.05) is 0 Å². The van der Waals surface area contributed by atoms with Crippen LogP contribution >= 0.6 is 0 Å². The molecule has 1 aromatic carbocycles. The van der Waals surface area contributed by atoms with Gasteiger partial charge in [-0.1, -0.05) is 0 Å². The quantitative estimate of drug-likeness (QED) is 0.373. The number of nitrogens with one attached hydrogen (secondary N) is 1. The molecule has 0 spiro atoms. The fraction of sp³-hybridized carbons (Fsp3) is 0.385. The highest BCUT2D eigenvalue weighted by molar-refractivity contribution is 5.95. The molecule has 0 unspecified atom stereocenters. The van der Waals surface area contributed by atoms with Crippen LogP contribution in [0.15, 0.2) is 12.1 Å². The SMILES string of the molecule is COC(=O)CCCNC(=O)c1cc([N+](=O)[O-])cc(C)c1F. The van der Waals surface area contributed by atoms with Crippen molar-refractivity contribution in [1.82, 2.24) is 5.32 Å². The summed E-state index contributed by atoms with van der Waals surface area (Å²) < 4.78 is 18.3. The first kappa shape index (κ1) is 16.5. The van der Waals surface area contributed by atoms with Crippen LogP contribution < -0.4 is 5.32 Å². The van der Waals surface area contributed by atoms with Gasteiger partial charge in [-0.25, -0.2) is 4.39 Å². The van der Waals surface area contributed by atoms with Crippen molar-refractivity contribution in [2.45, 2.75) is 19.8 Å². The van der Waals surface area contributed by atoms with E-state index in [-0.39, 0.29) is 29.8 Å². The summed E-state index contributed by atoms with van der Waals surface area (Å²) in [7, 11) is 1.25. The van der Waals surface area contributed by atoms with Gasteiger partial charge in [0.25, 0.3) is 11.6 Å². The summed E-state index contributed by atoms with van der Waals surface area (Å²) in [6.07, 6.45) is 0.446. The Hall–Kier alpha value is -2.51. The first-order valence-corrected chi connectivity index (χ1v) is 6.16. The molecule has 0 heterocycles. The van der Waals surface area contributed by atoms with Gasteiger partial charge in [0.15, 0.2) is 0 Å². The van der Waals surface area contributed by atoms with Crippen LogP contribution in [0.3, 0.4) is 0 Å². The number of hydrogen-bond donors (Lipinski definition) is 1. The van der Waals surface area contributed by atoms with Crippen molar-refractivity contribution in [1.29, 1.82) is 0 Å². The standard InChI is InChI=1S/C13H15FN2O5/c1-8-6-9(16(19)20)7-10(12(8)14)13(18)15-5-3-4-11(17)21-2/h6-7H,3-5H2,1-2H3,(H,15,18). The number of rotatable bonds is 6. The van der Waals surface area contributed by atoms with Gasteiger partial charge in [-0.15, -0.1) is 0 Å². The summed E-state index contributed by atoms with van der Waals surface area (Å²) >= 11 is 0. The summed E-state index contributed by atoms with van der Waals surface area (Å²) in [4.78, 5) is 32.7. The number of esters is 1. The number of halogens is 1. The maximum Gasteiger partial charge on any atom is 0.305 e. The summed E-state index contributed by atoms with van der Waals surface area (Å²) in [6.45, 7) is 1.48. The molecule has 0 aliphatic rings. The highest BCUT2D eigenvalue weighted by atomic mass is 19.1. The number of nitrogens with zero attached hydrogens (tertiary/aromatic N) is 1. The van der Waals surface area contributed by atoms with Crippen LogP contribution in [-0.2, 0) is 9.53 Å². The number of ether oxygens (including phenoxy) is 1. The molecule has 1 aromatic rings. The van der Waals surface area contributed by atoms with Crippen molar-refractivity contribution < 1.29 is 23.6 Å².